The number of carbonyl (C=O) groups excluding carboxylic acids is 3. The van der Waals surface area contributed by atoms with Gasteiger partial charge in [-0.15, -0.1) is 0 Å². The van der Waals surface area contributed by atoms with Crippen molar-refractivity contribution in [2.75, 3.05) is 5.32 Å². The number of aromatic hydroxyl groups is 1. The van der Waals surface area contributed by atoms with Crippen LogP contribution in [0.2, 0.25) is 0 Å². The Bertz CT molecular complexity index is 831. The molecule has 0 radical (unpaired) electrons. The fourth-order valence-corrected chi connectivity index (χ4v) is 1.98. The van der Waals surface area contributed by atoms with Gasteiger partial charge in [-0.2, -0.15) is 5.10 Å². The molecule has 0 aromatic heterocycles. The van der Waals surface area contributed by atoms with Crippen molar-refractivity contribution in [3.05, 3.63) is 59.7 Å². The molecular formula is C18H16N3O5-. The van der Waals surface area contributed by atoms with E-state index >= 15 is 0 Å². The zero-order valence-electron chi connectivity index (χ0n) is 13.6. The van der Waals surface area contributed by atoms with Crippen LogP contribution in [0, 0.1) is 0 Å². The van der Waals surface area contributed by atoms with Gasteiger partial charge < -0.3 is 20.3 Å². The third-order valence-electron chi connectivity index (χ3n) is 3.24. The molecule has 0 aliphatic carbocycles. The van der Waals surface area contributed by atoms with E-state index in [0.29, 0.717) is 16.8 Å². The molecule has 0 aliphatic rings. The molecule has 3 N–H and O–H groups in total. The number of nitrogens with one attached hydrogen (secondary N) is 2. The first-order chi connectivity index (χ1) is 12.4. The number of anilines is 1. The number of rotatable bonds is 7. The van der Waals surface area contributed by atoms with E-state index in [1.165, 1.54) is 42.6 Å². The molecule has 2 amide bonds. The normalized spacial score (nSPS) is 10.5. The van der Waals surface area contributed by atoms with Crippen LogP contribution >= 0.6 is 0 Å². The number of carboxylic acids is 1. The number of phenols is 1. The van der Waals surface area contributed by atoms with Gasteiger partial charge in [0.25, 0.3) is 5.91 Å². The van der Waals surface area contributed by atoms with E-state index in [2.05, 4.69) is 15.8 Å². The maximum absolute atomic E-state index is 12.0. The maximum Gasteiger partial charge on any atom is 0.271 e. The van der Waals surface area contributed by atoms with Crippen molar-refractivity contribution >= 4 is 29.7 Å². The molecular weight excluding hydrogens is 338 g/mol. The lowest BCUT2D eigenvalue weighted by Crippen LogP contribution is -2.24. The minimum atomic E-state index is -1.29. The van der Waals surface area contributed by atoms with Crippen LogP contribution in [0.1, 0.15) is 28.8 Å². The van der Waals surface area contributed by atoms with Crippen LogP contribution in [-0.2, 0) is 9.59 Å². The summed E-state index contributed by atoms with van der Waals surface area (Å²) >= 11 is 0. The first-order valence-electron chi connectivity index (χ1n) is 7.66. The van der Waals surface area contributed by atoms with Crippen LogP contribution in [0.5, 0.6) is 5.75 Å². The van der Waals surface area contributed by atoms with E-state index in [1.807, 2.05) is 0 Å². The number of carbonyl (C=O) groups is 3. The molecule has 0 heterocycles. The lowest BCUT2D eigenvalue weighted by Gasteiger charge is -2.06. The molecule has 0 aliphatic heterocycles. The van der Waals surface area contributed by atoms with Crippen molar-refractivity contribution in [2.24, 2.45) is 5.10 Å². The fourth-order valence-electron chi connectivity index (χ4n) is 1.98. The number of hydrogen-bond donors (Lipinski definition) is 3. The number of phenolic OH excluding ortho intramolecular Hbond substituents is 1. The monoisotopic (exact) mass is 354 g/mol. The highest BCUT2D eigenvalue weighted by atomic mass is 16.4. The summed E-state index contributed by atoms with van der Waals surface area (Å²) in [7, 11) is 0. The molecule has 0 fully saturated rings. The van der Waals surface area contributed by atoms with Gasteiger partial charge in [0.15, 0.2) is 0 Å². The predicted octanol–water partition coefficient (Wildman–Crippen LogP) is 0.625. The van der Waals surface area contributed by atoms with Crippen LogP contribution in [-0.4, -0.2) is 29.1 Å². The molecule has 8 nitrogen and oxygen atoms in total. The van der Waals surface area contributed by atoms with Crippen molar-refractivity contribution < 1.29 is 24.6 Å². The van der Waals surface area contributed by atoms with Crippen LogP contribution < -0.4 is 15.8 Å². The molecule has 0 saturated carbocycles. The summed E-state index contributed by atoms with van der Waals surface area (Å²) in [5.74, 6) is -2.10. The van der Waals surface area contributed by atoms with E-state index < -0.39 is 17.8 Å². The van der Waals surface area contributed by atoms with Crippen molar-refractivity contribution in [2.45, 2.75) is 12.8 Å². The number of nitrogens with zero attached hydrogens (tertiary/aromatic N) is 1. The first-order valence-corrected chi connectivity index (χ1v) is 7.66. The van der Waals surface area contributed by atoms with Gasteiger partial charge >= 0.3 is 0 Å². The SMILES string of the molecule is O=C([O-])CCC(=O)Nc1ccc(C(=O)N/N=C\c2cccc(O)c2)cc1. The van der Waals surface area contributed by atoms with Crippen molar-refractivity contribution in [1.29, 1.82) is 0 Å². The summed E-state index contributed by atoms with van der Waals surface area (Å²) < 4.78 is 0. The summed E-state index contributed by atoms with van der Waals surface area (Å²) in [6.07, 6.45) is 0.849. The molecule has 2 rings (SSSR count). The van der Waals surface area contributed by atoms with Crippen LogP contribution in [0.4, 0.5) is 5.69 Å². The Morgan fingerprint density at radius 2 is 1.81 bits per heavy atom. The molecule has 2 aromatic rings. The van der Waals surface area contributed by atoms with E-state index in [4.69, 9.17) is 0 Å². The third kappa shape index (κ3) is 6.08. The number of benzene rings is 2. The Kier molecular flexibility index (Phi) is 6.44. The summed E-state index contributed by atoms with van der Waals surface area (Å²) in [6, 6.07) is 12.4. The molecule has 2 aromatic carbocycles. The van der Waals surface area contributed by atoms with Gasteiger partial charge in [0.2, 0.25) is 5.91 Å². The molecule has 0 atom stereocenters. The Balaban J connectivity index is 1.88. The largest absolute Gasteiger partial charge is 0.550 e. The van der Waals surface area contributed by atoms with Gasteiger partial charge in [0.1, 0.15) is 5.75 Å². The average Bonchev–Trinajstić information content (AvgIpc) is 2.60. The second-order valence-corrected chi connectivity index (χ2v) is 5.29. The van der Waals surface area contributed by atoms with Crippen LogP contribution in [0.15, 0.2) is 53.6 Å². The molecule has 8 heteroatoms. The molecule has 26 heavy (non-hydrogen) atoms. The third-order valence-corrected chi connectivity index (χ3v) is 3.24. The van der Waals surface area contributed by atoms with Crippen molar-refractivity contribution in [3.8, 4) is 5.75 Å². The van der Waals surface area contributed by atoms with Gasteiger partial charge in [0, 0.05) is 23.6 Å². The smallest absolute Gasteiger partial charge is 0.271 e. The van der Waals surface area contributed by atoms with Gasteiger partial charge in [0.05, 0.1) is 6.21 Å². The maximum atomic E-state index is 12.0. The molecule has 0 saturated heterocycles. The standard InChI is InChI=1S/C18H17N3O5/c22-15-3-1-2-12(10-15)11-19-21-18(26)13-4-6-14(7-5-13)20-16(23)8-9-17(24)25/h1-7,10-11,22H,8-9H2,(H,20,23)(H,21,26)(H,24,25)/p-1/b19-11-. The highest BCUT2D eigenvalue weighted by Crippen LogP contribution is 2.11. The van der Waals surface area contributed by atoms with Crippen LogP contribution in [0.25, 0.3) is 0 Å². The number of hydrazone groups is 1. The number of aliphatic carboxylic acids is 1. The topological polar surface area (TPSA) is 131 Å². The van der Waals surface area contributed by atoms with Gasteiger partial charge in [-0.05, 0) is 48.4 Å². The van der Waals surface area contributed by atoms with Crippen molar-refractivity contribution in [3.63, 3.8) is 0 Å². The Morgan fingerprint density at radius 3 is 2.46 bits per heavy atom. The van der Waals surface area contributed by atoms with E-state index in [1.54, 1.807) is 12.1 Å². The Hall–Kier alpha value is -3.68. The number of carboxylic acid groups (broad SMARTS) is 1. The highest BCUT2D eigenvalue weighted by Gasteiger charge is 2.06. The molecule has 134 valence electrons. The fraction of sp³-hybridized carbons (Fsp3) is 0.111. The van der Waals surface area contributed by atoms with Crippen molar-refractivity contribution in [1.82, 2.24) is 5.43 Å². The zero-order chi connectivity index (χ0) is 18.9. The summed E-state index contributed by atoms with van der Waals surface area (Å²) in [4.78, 5) is 33.8. The summed E-state index contributed by atoms with van der Waals surface area (Å²) in [6.45, 7) is 0. The number of amides is 2. The second-order valence-electron chi connectivity index (χ2n) is 5.29. The highest BCUT2D eigenvalue weighted by molar-refractivity contribution is 5.96. The second kappa shape index (κ2) is 8.97. The average molecular weight is 354 g/mol. The minimum absolute atomic E-state index is 0.0949. The van der Waals surface area contributed by atoms with E-state index in [0.717, 1.165) is 0 Å². The Labute approximate surface area is 149 Å². The summed E-state index contributed by atoms with van der Waals surface area (Å²) in [5.41, 5.74) is 3.74. The Morgan fingerprint density at radius 1 is 1.08 bits per heavy atom. The molecule has 0 bridgehead atoms. The quantitative estimate of drug-likeness (QED) is 0.496. The van der Waals surface area contributed by atoms with E-state index in [-0.39, 0.29) is 18.6 Å². The molecule has 0 spiro atoms. The van der Waals surface area contributed by atoms with Gasteiger partial charge in [-0.1, -0.05) is 12.1 Å². The lowest BCUT2D eigenvalue weighted by molar-refractivity contribution is -0.305. The van der Waals surface area contributed by atoms with Crippen LogP contribution in [0.3, 0.4) is 0 Å². The minimum Gasteiger partial charge on any atom is -0.550 e. The summed E-state index contributed by atoms with van der Waals surface area (Å²) in [5, 5.41) is 26.0. The lowest BCUT2D eigenvalue weighted by atomic mass is 10.2. The van der Waals surface area contributed by atoms with E-state index in [9.17, 15) is 24.6 Å². The first kappa shape index (κ1) is 18.7. The molecule has 0 unspecified atom stereocenters. The zero-order valence-corrected chi connectivity index (χ0v) is 13.6. The predicted molar refractivity (Wildman–Crippen MR) is 92.5 cm³/mol. The van der Waals surface area contributed by atoms with Gasteiger partial charge in [-0.3, -0.25) is 9.59 Å². The number of hydrogen-bond acceptors (Lipinski definition) is 6. The van der Waals surface area contributed by atoms with Gasteiger partial charge in [-0.25, -0.2) is 5.43 Å².